The van der Waals surface area contributed by atoms with Crippen LogP contribution in [0.2, 0.25) is 0 Å². The highest BCUT2D eigenvalue weighted by Gasteiger charge is 2.38. The van der Waals surface area contributed by atoms with E-state index in [0.29, 0.717) is 72.8 Å². The Morgan fingerprint density at radius 1 is 1.15 bits per heavy atom. The van der Waals surface area contributed by atoms with Crippen molar-refractivity contribution in [3.63, 3.8) is 0 Å². The van der Waals surface area contributed by atoms with Crippen molar-refractivity contribution in [2.75, 3.05) is 50.2 Å². The summed E-state index contributed by atoms with van der Waals surface area (Å²) in [7, 11) is 1.54. The maximum absolute atomic E-state index is 13.8. The molecule has 0 bridgehead atoms. The number of ether oxygens (including phenoxy) is 4. The largest absolute Gasteiger partial charge is 0.497 e. The molecule has 2 amide bonds. The van der Waals surface area contributed by atoms with Crippen LogP contribution in [0.25, 0.3) is 11.3 Å². The van der Waals surface area contributed by atoms with Crippen molar-refractivity contribution >= 4 is 23.6 Å². The van der Waals surface area contributed by atoms with Crippen molar-refractivity contribution in [1.29, 1.82) is 0 Å². The molecule has 1 saturated heterocycles. The van der Waals surface area contributed by atoms with Gasteiger partial charge in [-0.3, -0.25) is 10.1 Å². The fourth-order valence-electron chi connectivity index (χ4n) is 4.92. The highest BCUT2D eigenvalue weighted by atomic mass is 16.6. The van der Waals surface area contributed by atoms with Gasteiger partial charge >= 0.3 is 6.09 Å². The van der Waals surface area contributed by atoms with Gasteiger partial charge in [-0.25, -0.2) is 9.78 Å². The van der Waals surface area contributed by atoms with Crippen LogP contribution < -0.4 is 24.4 Å². The van der Waals surface area contributed by atoms with E-state index in [4.69, 9.17) is 28.9 Å². The molecular weight excluding hydrogens is 526 g/mol. The van der Waals surface area contributed by atoms with E-state index < -0.39 is 11.7 Å². The van der Waals surface area contributed by atoms with Crippen LogP contribution in [0.4, 0.5) is 16.4 Å². The van der Waals surface area contributed by atoms with Crippen LogP contribution in [0.3, 0.4) is 0 Å². The predicted molar refractivity (Wildman–Crippen MR) is 154 cm³/mol. The average Bonchev–Trinajstić information content (AvgIpc) is 3.05. The van der Waals surface area contributed by atoms with Gasteiger partial charge in [-0.1, -0.05) is 18.2 Å². The van der Waals surface area contributed by atoms with E-state index in [0.717, 1.165) is 0 Å². The van der Waals surface area contributed by atoms with Gasteiger partial charge in [-0.2, -0.15) is 4.98 Å². The summed E-state index contributed by atoms with van der Waals surface area (Å²) in [4.78, 5) is 39.8. The number of benzene rings is 2. The van der Waals surface area contributed by atoms with Gasteiger partial charge in [-0.15, -0.1) is 0 Å². The van der Waals surface area contributed by atoms with Crippen molar-refractivity contribution in [3.8, 4) is 28.6 Å². The van der Waals surface area contributed by atoms with Gasteiger partial charge in [0.05, 0.1) is 38.6 Å². The van der Waals surface area contributed by atoms with Crippen molar-refractivity contribution in [1.82, 2.24) is 14.9 Å². The van der Waals surface area contributed by atoms with Crippen LogP contribution >= 0.6 is 0 Å². The van der Waals surface area contributed by atoms with Crippen molar-refractivity contribution in [2.24, 2.45) is 0 Å². The number of methoxy groups -OCH3 is 1. The third kappa shape index (κ3) is 6.19. The first-order chi connectivity index (χ1) is 19.7. The van der Waals surface area contributed by atoms with Gasteiger partial charge < -0.3 is 28.7 Å². The zero-order valence-corrected chi connectivity index (χ0v) is 24.0. The Morgan fingerprint density at radius 3 is 2.61 bits per heavy atom. The van der Waals surface area contributed by atoms with Gasteiger partial charge in [0.2, 0.25) is 11.8 Å². The third-order valence-corrected chi connectivity index (χ3v) is 6.97. The summed E-state index contributed by atoms with van der Waals surface area (Å²) in [6.45, 7) is 10.5. The van der Waals surface area contributed by atoms with Crippen LogP contribution in [-0.2, 0) is 4.74 Å². The lowest BCUT2D eigenvalue weighted by molar-refractivity contribution is 0.0541. The number of hydrogen-bond donors (Lipinski definition) is 1. The second-order valence-electron chi connectivity index (χ2n) is 10.6. The van der Waals surface area contributed by atoms with Gasteiger partial charge in [0, 0.05) is 30.4 Å². The number of fused-ring (bicyclic) bond motifs is 1. The number of carbonyl (C=O) groups is 2. The SMILES string of the molecule is CCN1CC(C)(C)Oc2nc(N3CCOC[C@@H]3C)nc(-c3ccc(NC(=O)Oc4cccc(OC)c4)cc3)c2C1=O. The summed E-state index contributed by atoms with van der Waals surface area (Å²) in [6.07, 6.45) is -0.644. The maximum atomic E-state index is 13.8. The molecule has 0 aliphatic carbocycles. The summed E-state index contributed by atoms with van der Waals surface area (Å²) in [6, 6.07) is 13.9. The minimum absolute atomic E-state index is 0.0541. The Bertz CT molecular complexity index is 1430. The smallest absolute Gasteiger partial charge is 0.417 e. The minimum atomic E-state index is -0.645. The molecule has 2 aromatic carbocycles. The zero-order valence-electron chi connectivity index (χ0n) is 24.0. The third-order valence-electron chi connectivity index (χ3n) is 6.97. The Hall–Kier alpha value is -4.38. The first kappa shape index (κ1) is 28.2. The molecule has 0 radical (unpaired) electrons. The molecule has 3 heterocycles. The molecule has 1 fully saturated rings. The lowest BCUT2D eigenvalue weighted by atomic mass is 10.0. The number of aromatic nitrogens is 2. The normalized spacial score (nSPS) is 18.2. The number of anilines is 2. The quantitative estimate of drug-likeness (QED) is 0.460. The lowest BCUT2D eigenvalue weighted by Gasteiger charge is -2.34. The number of nitrogens with zero attached hydrogens (tertiary/aromatic N) is 4. The second kappa shape index (κ2) is 11.6. The van der Waals surface area contributed by atoms with E-state index in [2.05, 4.69) is 10.2 Å². The lowest BCUT2D eigenvalue weighted by Crippen LogP contribution is -2.44. The number of likely N-dealkylation sites (N-methyl/N-ethyl adjacent to an activating group) is 1. The molecular formula is C30H35N5O6. The predicted octanol–water partition coefficient (Wildman–Crippen LogP) is 4.62. The summed E-state index contributed by atoms with van der Waals surface area (Å²) in [5, 5.41) is 2.73. The Morgan fingerprint density at radius 2 is 1.90 bits per heavy atom. The molecule has 1 N–H and O–H groups in total. The molecule has 0 saturated carbocycles. The first-order valence-electron chi connectivity index (χ1n) is 13.7. The molecule has 11 nitrogen and oxygen atoms in total. The van der Waals surface area contributed by atoms with Crippen LogP contribution in [0.15, 0.2) is 48.5 Å². The van der Waals surface area contributed by atoms with Crippen molar-refractivity contribution in [2.45, 2.75) is 39.3 Å². The van der Waals surface area contributed by atoms with Crippen LogP contribution in [0, 0.1) is 0 Å². The summed E-state index contributed by atoms with van der Waals surface area (Å²) < 4.78 is 22.5. The summed E-state index contributed by atoms with van der Waals surface area (Å²) in [5.41, 5.74) is 1.34. The molecule has 41 heavy (non-hydrogen) atoms. The van der Waals surface area contributed by atoms with Crippen molar-refractivity contribution in [3.05, 3.63) is 54.1 Å². The van der Waals surface area contributed by atoms with Crippen LogP contribution in [0.1, 0.15) is 38.1 Å². The molecule has 3 aromatic rings. The topological polar surface area (TPSA) is 115 Å². The molecule has 0 unspecified atom stereocenters. The Balaban J connectivity index is 1.48. The van der Waals surface area contributed by atoms with Crippen molar-refractivity contribution < 1.29 is 28.5 Å². The summed E-state index contributed by atoms with van der Waals surface area (Å²) in [5.74, 6) is 1.49. The second-order valence-corrected chi connectivity index (χ2v) is 10.6. The van der Waals surface area contributed by atoms with Gasteiger partial charge in [0.1, 0.15) is 22.7 Å². The van der Waals surface area contributed by atoms with E-state index in [-0.39, 0.29) is 17.8 Å². The monoisotopic (exact) mass is 561 g/mol. The standard InChI is InChI=1S/C30H35N5O6/c1-6-34-18-30(3,4)41-26-24(27(34)36)25(32-28(33-26)35-14-15-39-17-19(35)2)20-10-12-21(13-11-20)31-29(37)40-23-9-7-8-22(16-23)38-5/h7-13,16,19H,6,14-15,17-18H2,1-5H3,(H,31,37)/t19-/m0/s1. The molecule has 11 heteroatoms. The number of morpholine rings is 1. The number of rotatable bonds is 6. The number of hydrogen-bond acceptors (Lipinski definition) is 9. The van der Waals surface area contributed by atoms with Gasteiger partial charge in [-0.05, 0) is 52.0 Å². The molecule has 1 atom stereocenters. The van der Waals surface area contributed by atoms with E-state index in [9.17, 15) is 9.59 Å². The number of carbonyl (C=O) groups excluding carboxylic acids is 2. The molecule has 5 rings (SSSR count). The van der Waals surface area contributed by atoms with E-state index in [1.165, 1.54) is 0 Å². The molecule has 1 aromatic heterocycles. The molecule has 0 spiro atoms. The van der Waals surface area contributed by atoms with Gasteiger partial charge in [0.25, 0.3) is 5.91 Å². The Labute approximate surface area is 239 Å². The number of nitrogens with one attached hydrogen (secondary N) is 1. The molecule has 2 aliphatic rings. The minimum Gasteiger partial charge on any atom is -0.497 e. The summed E-state index contributed by atoms with van der Waals surface area (Å²) >= 11 is 0. The zero-order chi connectivity index (χ0) is 29.1. The van der Waals surface area contributed by atoms with Crippen LogP contribution in [0.5, 0.6) is 17.4 Å². The number of amides is 2. The highest BCUT2D eigenvalue weighted by Crippen LogP contribution is 2.36. The molecule has 216 valence electrons. The molecule has 2 aliphatic heterocycles. The fourth-order valence-corrected chi connectivity index (χ4v) is 4.92. The highest BCUT2D eigenvalue weighted by molar-refractivity contribution is 6.03. The Kier molecular flexibility index (Phi) is 7.98. The maximum Gasteiger partial charge on any atom is 0.417 e. The van der Waals surface area contributed by atoms with Gasteiger partial charge in [0.15, 0.2) is 0 Å². The van der Waals surface area contributed by atoms with E-state index >= 15 is 0 Å². The fraction of sp³-hybridized carbons (Fsp3) is 0.400. The average molecular weight is 562 g/mol. The first-order valence-corrected chi connectivity index (χ1v) is 13.7. The van der Waals surface area contributed by atoms with Crippen LogP contribution in [-0.4, -0.2) is 78.5 Å². The van der Waals surface area contributed by atoms with E-state index in [1.807, 2.05) is 27.7 Å². The van der Waals surface area contributed by atoms with E-state index in [1.54, 1.807) is 60.5 Å².